The fourth-order valence-electron chi connectivity index (χ4n) is 2.69. The largest absolute Gasteiger partial charge is 0.493 e. The van der Waals surface area contributed by atoms with E-state index >= 15 is 0 Å². The summed E-state index contributed by atoms with van der Waals surface area (Å²) in [5, 5.41) is 0. The minimum absolute atomic E-state index is 0.577. The number of aromatic nitrogens is 2. The summed E-state index contributed by atoms with van der Waals surface area (Å²) >= 11 is 0. The molecule has 23 heavy (non-hydrogen) atoms. The molecule has 0 aliphatic heterocycles. The van der Waals surface area contributed by atoms with Crippen LogP contribution in [0.4, 0.5) is 0 Å². The molecular weight excluding hydrogens is 288 g/mol. The molecule has 0 unspecified atom stereocenters. The third-order valence-electron chi connectivity index (χ3n) is 3.66. The van der Waals surface area contributed by atoms with Crippen molar-refractivity contribution in [3.63, 3.8) is 0 Å². The van der Waals surface area contributed by atoms with Crippen molar-refractivity contribution < 1.29 is 9.47 Å². The first-order valence-electron chi connectivity index (χ1n) is 7.66. The standard InChI is InChI=1S/C19H20N2O2/c1-4-8-13-11-14(12-17(23-5-2)18(13)22-3)19-20-15-9-6-7-10-16(15)21-19/h4,6-7,9-12H,1,5,8H2,2-3H3,(H,20,21). The Hall–Kier alpha value is -2.75. The van der Waals surface area contributed by atoms with Crippen LogP contribution in [0.2, 0.25) is 0 Å². The number of nitrogens with one attached hydrogen (secondary N) is 1. The summed E-state index contributed by atoms with van der Waals surface area (Å²) in [5.74, 6) is 2.30. The van der Waals surface area contributed by atoms with Crippen molar-refractivity contribution in [2.45, 2.75) is 13.3 Å². The van der Waals surface area contributed by atoms with Gasteiger partial charge in [0.15, 0.2) is 11.5 Å². The second-order valence-electron chi connectivity index (χ2n) is 5.20. The molecule has 0 fully saturated rings. The van der Waals surface area contributed by atoms with Crippen LogP contribution < -0.4 is 9.47 Å². The summed E-state index contributed by atoms with van der Waals surface area (Å²) < 4.78 is 11.3. The Labute approximate surface area is 135 Å². The van der Waals surface area contributed by atoms with Gasteiger partial charge in [0.1, 0.15) is 5.82 Å². The fourth-order valence-corrected chi connectivity index (χ4v) is 2.69. The highest BCUT2D eigenvalue weighted by atomic mass is 16.5. The summed E-state index contributed by atoms with van der Waals surface area (Å²) in [5.41, 5.74) is 3.97. The van der Waals surface area contributed by atoms with E-state index in [2.05, 4.69) is 22.6 Å². The summed E-state index contributed by atoms with van der Waals surface area (Å²) in [7, 11) is 1.66. The Kier molecular flexibility index (Phi) is 4.33. The van der Waals surface area contributed by atoms with Crippen molar-refractivity contribution in [1.82, 2.24) is 9.97 Å². The van der Waals surface area contributed by atoms with E-state index in [1.807, 2.05) is 43.3 Å². The second-order valence-corrected chi connectivity index (χ2v) is 5.20. The van der Waals surface area contributed by atoms with Crippen molar-refractivity contribution >= 4 is 11.0 Å². The number of rotatable bonds is 6. The normalized spacial score (nSPS) is 10.7. The van der Waals surface area contributed by atoms with Gasteiger partial charge in [0.25, 0.3) is 0 Å². The van der Waals surface area contributed by atoms with Gasteiger partial charge in [-0.2, -0.15) is 0 Å². The number of para-hydroxylation sites is 2. The zero-order valence-corrected chi connectivity index (χ0v) is 13.4. The van der Waals surface area contributed by atoms with Gasteiger partial charge in [0.2, 0.25) is 0 Å². The topological polar surface area (TPSA) is 47.1 Å². The predicted molar refractivity (Wildman–Crippen MR) is 93.2 cm³/mol. The van der Waals surface area contributed by atoms with Crippen LogP contribution in [-0.4, -0.2) is 23.7 Å². The summed E-state index contributed by atoms with van der Waals surface area (Å²) in [6, 6.07) is 12.0. The molecule has 4 nitrogen and oxygen atoms in total. The molecular formula is C19H20N2O2. The summed E-state index contributed by atoms with van der Waals surface area (Å²) in [4.78, 5) is 8.02. The Bertz CT molecular complexity index is 804. The van der Waals surface area contributed by atoms with Gasteiger partial charge in [-0.1, -0.05) is 18.2 Å². The molecule has 118 valence electrons. The van der Waals surface area contributed by atoms with Crippen molar-refractivity contribution in [3.05, 3.63) is 54.6 Å². The van der Waals surface area contributed by atoms with Gasteiger partial charge in [0.05, 0.1) is 24.8 Å². The van der Waals surface area contributed by atoms with Crippen molar-refractivity contribution in [1.29, 1.82) is 0 Å². The maximum atomic E-state index is 5.75. The highest BCUT2D eigenvalue weighted by Crippen LogP contribution is 2.36. The number of methoxy groups -OCH3 is 1. The first-order valence-corrected chi connectivity index (χ1v) is 7.66. The lowest BCUT2D eigenvalue weighted by Crippen LogP contribution is -2.00. The van der Waals surface area contributed by atoms with Crippen LogP contribution in [0.3, 0.4) is 0 Å². The van der Waals surface area contributed by atoms with Crippen LogP contribution in [0.25, 0.3) is 22.4 Å². The zero-order valence-electron chi connectivity index (χ0n) is 13.4. The number of nitrogens with zero attached hydrogens (tertiary/aromatic N) is 1. The summed E-state index contributed by atoms with van der Waals surface area (Å²) in [6.07, 6.45) is 2.56. The van der Waals surface area contributed by atoms with Crippen molar-refractivity contribution in [2.75, 3.05) is 13.7 Å². The molecule has 0 saturated carbocycles. The Balaban J connectivity index is 2.15. The molecule has 0 radical (unpaired) electrons. The fraction of sp³-hybridized carbons (Fsp3) is 0.211. The highest BCUT2D eigenvalue weighted by Gasteiger charge is 2.15. The van der Waals surface area contributed by atoms with E-state index in [4.69, 9.17) is 9.47 Å². The highest BCUT2D eigenvalue weighted by molar-refractivity contribution is 5.80. The number of ether oxygens (including phenoxy) is 2. The molecule has 0 saturated heterocycles. The molecule has 0 aliphatic carbocycles. The molecule has 1 aromatic heterocycles. The number of benzene rings is 2. The van der Waals surface area contributed by atoms with E-state index in [9.17, 15) is 0 Å². The van der Waals surface area contributed by atoms with E-state index in [0.29, 0.717) is 13.0 Å². The quantitative estimate of drug-likeness (QED) is 0.688. The monoisotopic (exact) mass is 308 g/mol. The van der Waals surface area contributed by atoms with E-state index < -0.39 is 0 Å². The number of fused-ring (bicyclic) bond motifs is 1. The first-order chi connectivity index (χ1) is 11.3. The van der Waals surface area contributed by atoms with Crippen LogP contribution >= 0.6 is 0 Å². The van der Waals surface area contributed by atoms with Crippen LogP contribution in [-0.2, 0) is 6.42 Å². The van der Waals surface area contributed by atoms with Gasteiger partial charge < -0.3 is 14.5 Å². The molecule has 1 N–H and O–H groups in total. The average molecular weight is 308 g/mol. The zero-order chi connectivity index (χ0) is 16.2. The van der Waals surface area contributed by atoms with E-state index in [1.165, 1.54) is 0 Å². The molecule has 0 amide bonds. The smallest absolute Gasteiger partial charge is 0.164 e. The van der Waals surface area contributed by atoms with Crippen LogP contribution in [0, 0.1) is 0 Å². The number of hydrogen-bond donors (Lipinski definition) is 1. The van der Waals surface area contributed by atoms with E-state index in [1.54, 1.807) is 7.11 Å². The molecule has 2 aromatic carbocycles. The number of hydrogen-bond acceptors (Lipinski definition) is 3. The lowest BCUT2D eigenvalue weighted by molar-refractivity contribution is 0.309. The molecule has 3 aromatic rings. The maximum Gasteiger partial charge on any atom is 0.164 e. The Morgan fingerprint density at radius 2 is 2.09 bits per heavy atom. The number of allylic oxidation sites excluding steroid dienone is 1. The second kappa shape index (κ2) is 6.57. The number of imidazole rings is 1. The van der Waals surface area contributed by atoms with Crippen molar-refractivity contribution in [3.8, 4) is 22.9 Å². The number of H-pyrrole nitrogens is 1. The van der Waals surface area contributed by atoms with Gasteiger partial charge >= 0.3 is 0 Å². The molecule has 0 bridgehead atoms. The minimum atomic E-state index is 0.577. The third kappa shape index (κ3) is 2.93. The van der Waals surface area contributed by atoms with E-state index in [-0.39, 0.29) is 0 Å². The molecule has 1 heterocycles. The van der Waals surface area contributed by atoms with Crippen molar-refractivity contribution in [2.24, 2.45) is 0 Å². The van der Waals surface area contributed by atoms with Gasteiger partial charge in [-0.25, -0.2) is 4.98 Å². The van der Waals surface area contributed by atoms with Gasteiger partial charge in [0, 0.05) is 11.1 Å². The molecule has 0 spiro atoms. The number of aromatic amines is 1. The first kappa shape index (κ1) is 15.2. The van der Waals surface area contributed by atoms with Crippen LogP contribution in [0.1, 0.15) is 12.5 Å². The van der Waals surface area contributed by atoms with Gasteiger partial charge in [-0.3, -0.25) is 0 Å². The predicted octanol–water partition coefficient (Wildman–Crippen LogP) is 4.37. The molecule has 0 aliphatic rings. The lowest BCUT2D eigenvalue weighted by Gasteiger charge is -2.14. The lowest BCUT2D eigenvalue weighted by atomic mass is 10.1. The van der Waals surface area contributed by atoms with Crippen LogP contribution in [0.5, 0.6) is 11.5 Å². The molecule has 4 heteroatoms. The summed E-state index contributed by atoms with van der Waals surface area (Å²) in [6.45, 7) is 6.36. The minimum Gasteiger partial charge on any atom is -0.493 e. The Morgan fingerprint density at radius 3 is 2.78 bits per heavy atom. The third-order valence-corrected chi connectivity index (χ3v) is 3.66. The molecule has 0 atom stereocenters. The molecule has 3 rings (SSSR count). The van der Waals surface area contributed by atoms with Gasteiger partial charge in [-0.05, 0) is 37.6 Å². The average Bonchev–Trinajstić information content (AvgIpc) is 2.99. The van der Waals surface area contributed by atoms with E-state index in [0.717, 1.165) is 39.5 Å². The Morgan fingerprint density at radius 1 is 1.26 bits per heavy atom. The van der Waals surface area contributed by atoms with Gasteiger partial charge in [-0.15, -0.1) is 6.58 Å². The van der Waals surface area contributed by atoms with Crippen LogP contribution in [0.15, 0.2) is 49.1 Å². The SMILES string of the molecule is C=CCc1cc(-c2nc3ccccc3[nH]2)cc(OCC)c1OC. The maximum absolute atomic E-state index is 5.75.